The van der Waals surface area contributed by atoms with E-state index in [-0.39, 0.29) is 5.56 Å². The van der Waals surface area contributed by atoms with Gasteiger partial charge in [-0.05, 0) is 55.3 Å². The number of carboxylic acids is 1. The van der Waals surface area contributed by atoms with Crippen molar-refractivity contribution < 1.29 is 14.6 Å². The van der Waals surface area contributed by atoms with Crippen LogP contribution in [0.15, 0.2) is 47.5 Å². The molecule has 0 saturated carbocycles. The van der Waals surface area contributed by atoms with E-state index >= 15 is 0 Å². The zero-order valence-electron chi connectivity index (χ0n) is 18.0. The number of hydrogen-bond acceptors (Lipinski definition) is 4. The molecule has 0 aliphatic carbocycles. The summed E-state index contributed by atoms with van der Waals surface area (Å²) in [6.07, 6.45) is 0.835. The molecule has 2 N–H and O–H groups in total. The number of aliphatic imine (C=N–C) groups is 1. The quantitative estimate of drug-likeness (QED) is 0.382. The molecule has 1 heterocycles. The van der Waals surface area contributed by atoms with Gasteiger partial charge in [0.1, 0.15) is 0 Å². The highest BCUT2D eigenvalue weighted by molar-refractivity contribution is 6.30. The maximum atomic E-state index is 11.1. The van der Waals surface area contributed by atoms with Crippen LogP contribution >= 0.6 is 11.6 Å². The summed E-state index contributed by atoms with van der Waals surface area (Å²) in [6, 6.07) is 12.7. The van der Waals surface area contributed by atoms with Crippen molar-refractivity contribution in [2.45, 2.75) is 13.3 Å². The number of halogens is 1. The van der Waals surface area contributed by atoms with Crippen LogP contribution in [0.4, 0.5) is 11.4 Å². The van der Waals surface area contributed by atoms with E-state index in [9.17, 15) is 4.79 Å². The lowest BCUT2D eigenvalue weighted by Gasteiger charge is -2.38. The van der Waals surface area contributed by atoms with Gasteiger partial charge in [0, 0.05) is 62.8 Å². The molecule has 166 valence electrons. The van der Waals surface area contributed by atoms with Crippen molar-refractivity contribution in [2.24, 2.45) is 4.99 Å². The van der Waals surface area contributed by atoms with Crippen LogP contribution in [0.1, 0.15) is 22.3 Å². The molecule has 31 heavy (non-hydrogen) atoms. The van der Waals surface area contributed by atoms with Gasteiger partial charge in [0.2, 0.25) is 0 Å². The Morgan fingerprint density at radius 2 is 1.87 bits per heavy atom. The normalized spacial score (nSPS) is 14.6. The molecule has 0 spiro atoms. The van der Waals surface area contributed by atoms with E-state index in [2.05, 4.69) is 28.1 Å². The minimum Gasteiger partial charge on any atom is -0.478 e. The average Bonchev–Trinajstić information content (AvgIpc) is 2.78. The van der Waals surface area contributed by atoms with Crippen molar-refractivity contribution in [2.75, 3.05) is 56.7 Å². The Morgan fingerprint density at radius 3 is 2.52 bits per heavy atom. The molecule has 0 amide bonds. The van der Waals surface area contributed by atoms with E-state index in [1.54, 1.807) is 31.4 Å². The SMILES string of the molecule is COCCCN=C(Nc1ccc(C(=O)O)cc1)N1CCN(c2cc(Cl)ccc2C)CC1. The molecule has 1 saturated heterocycles. The third-order valence-electron chi connectivity index (χ3n) is 5.25. The number of aryl methyl sites for hydroxylation is 1. The van der Waals surface area contributed by atoms with E-state index in [1.165, 1.54) is 11.3 Å². The Morgan fingerprint density at radius 1 is 1.16 bits per heavy atom. The Labute approximate surface area is 188 Å². The second-order valence-electron chi connectivity index (χ2n) is 7.46. The predicted octanol–water partition coefficient (Wildman–Crippen LogP) is 3.97. The van der Waals surface area contributed by atoms with Crippen molar-refractivity contribution in [1.29, 1.82) is 0 Å². The second kappa shape index (κ2) is 11.0. The lowest BCUT2D eigenvalue weighted by atomic mass is 10.1. The Balaban J connectivity index is 1.69. The van der Waals surface area contributed by atoms with Gasteiger partial charge in [-0.2, -0.15) is 0 Å². The average molecular weight is 445 g/mol. The third-order valence-corrected chi connectivity index (χ3v) is 5.48. The van der Waals surface area contributed by atoms with Gasteiger partial charge in [-0.25, -0.2) is 4.79 Å². The van der Waals surface area contributed by atoms with Crippen molar-refractivity contribution in [1.82, 2.24) is 4.90 Å². The number of nitrogens with zero attached hydrogens (tertiary/aromatic N) is 3. The first kappa shape index (κ1) is 22.9. The van der Waals surface area contributed by atoms with Crippen molar-refractivity contribution in [3.05, 3.63) is 58.6 Å². The molecule has 2 aromatic rings. The lowest BCUT2D eigenvalue weighted by Crippen LogP contribution is -2.51. The van der Waals surface area contributed by atoms with Crippen LogP contribution in [0, 0.1) is 6.92 Å². The number of carboxylic acid groups (broad SMARTS) is 1. The van der Waals surface area contributed by atoms with E-state index in [0.717, 1.165) is 49.3 Å². The first-order valence-corrected chi connectivity index (χ1v) is 10.8. The number of methoxy groups -OCH3 is 1. The van der Waals surface area contributed by atoms with Gasteiger partial charge in [0.25, 0.3) is 0 Å². The fraction of sp³-hybridized carbons (Fsp3) is 0.391. The van der Waals surface area contributed by atoms with Crippen molar-refractivity contribution >= 4 is 34.9 Å². The molecule has 1 aliphatic heterocycles. The molecule has 0 radical (unpaired) electrons. The summed E-state index contributed by atoms with van der Waals surface area (Å²) in [5.74, 6) is -0.144. The number of ether oxygens (including phenoxy) is 1. The minimum absolute atomic E-state index is 0.259. The first-order valence-electron chi connectivity index (χ1n) is 10.4. The molecule has 1 aliphatic rings. The van der Waals surface area contributed by atoms with Crippen LogP contribution in [0.5, 0.6) is 0 Å². The summed E-state index contributed by atoms with van der Waals surface area (Å²) in [6.45, 7) is 6.76. The number of nitrogens with one attached hydrogen (secondary N) is 1. The number of hydrogen-bond donors (Lipinski definition) is 2. The number of benzene rings is 2. The van der Waals surface area contributed by atoms with Crippen LogP contribution in [0.2, 0.25) is 5.02 Å². The van der Waals surface area contributed by atoms with Crippen molar-refractivity contribution in [3.8, 4) is 0 Å². The van der Waals surface area contributed by atoms with E-state index in [4.69, 9.17) is 26.4 Å². The van der Waals surface area contributed by atoms with Gasteiger partial charge in [0.15, 0.2) is 5.96 Å². The Bertz CT molecular complexity index is 910. The first-order chi connectivity index (χ1) is 15.0. The van der Waals surface area contributed by atoms with Gasteiger partial charge >= 0.3 is 5.97 Å². The summed E-state index contributed by atoms with van der Waals surface area (Å²) in [5, 5.41) is 13.2. The number of carbonyl (C=O) groups is 1. The summed E-state index contributed by atoms with van der Waals surface area (Å²) in [7, 11) is 1.68. The molecule has 8 heteroatoms. The molecule has 1 fully saturated rings. The number of aromatic carboxylic acids is 1. The van der Waals surface area contributed by atoms with Gasteiger partial charge < -0.3 is 25.0 Å². The Kier molecular flexibility index (Phi) is 8.14. The topological polar surface area (TPSA) is 77.4 Å². The second-order valence-corrected chi connectivity index (χ2v) is 7.90. The molecular formula is C23H29ClN4O3. The van der Waals surface area contributed by atoms with E-state index < -0.39 is 5.97 Å². The fourth-order valence-electron chi connectivity index (χ4n) is 3.52. The number of piperazine rings is 1. The minimum atomic E-state index is -0.938. The van der Waals surface area contributed by atoms with E-state index in [0.29, 0.717) is 13.2 Å². The number of anilines is 2. The fourth-order valence-corrected chi connectivity index (χ4v) is 3.69. The van der Waals surface area contributed by atoms with Gasteiger partial charge in [0.05, 0.1) is 5.56 Å². The lowest BCUT2D eigenvalue weighted by molar-refractivity contribution is 0.0697. The molecule has 0 bridgehead atoms. The predicted molar refractivity (Wildman–Crippen MR) is 126 cm³/mol. The van der Waals surface area contributed by atoms with Gasteiger partial charge in [-0.1, -0.05) is 17.7 Å². The van der Waals surface area contributed by atoms with Crippen LogP contribution in [0.3, 0.4) is 0 Å². The smallest absolute Gasteiger partial charge is 0.335 e. The molecular weight excluding hydrogens is 416 g/mol. The van der Waals surface area contributed by atoms with Crippen LogP contribution in [0.25, 0.3) is 0 Å². The van der Waals surface area contributed by atoms with E-state index in [1.807, 2.05) is 12.1 Å². The molecule has 0 aromatic heterocycles. The number of guanidine groups is 1. The summed E-state index contributed by atoms with van der Waals surface area (Å²) in [4.78, 5) is 20.4. The Hall–Kier alpha value is -2.77. The standard InChI is InChI=1S/C23H29ClN4O3/c1-17-4-7-19(24)16-21(17)27-11-13-28(14-12-27)23(25-10-3-15-31-2)26-20-8-5-18(6-9-20)22(29)30/h4-9,16H,3,10-15H2,1-2H3,(H,25,26)(H,29,30). The number of rotatable bonds is 7. The maximum absolute atomic E-state index is 11.1. The maximum Gasteiger partial charge on any atom is 0.335 e. The summed E-state index contributed by atoms with van der Waals surface area (Å²) < 4.78 is 5.13. The van der Waals surface area contributed by atoms with Gasteiger partial charge in [-0.3, -0.25) is 4.99 Å². The zero-order valence-corrected chi connectivity index (χ0v) is 18.7. The molecule has 2 aromatic carbocycles. The molecule has 3 rings (SSSR count). The van der Waals surface area contributed by atoms with Crippen LogP contribution in [-0.4, -0.2) is 68.4 Å². The zero-order chi connectivity index (χ0) is 22.2. The summed E-state index contributed by atoms with van der Waals surface area (Å²) in [5.41, 5.74) is 3.45. The summed E-state index contributed by atoms with van der Waals surface area (Å²) >= 11 is 6.21. The van der Waals surface area contributed by atoms with Crippen LogP contribution in [-0.2, 0) is 4.74 Å². The molecule has 0 atom stereocenters. The molecule has 0 unspecified atom stereocenters. The highest BCUT2D eigenvalue weighted by Gasteiger charge is 2.21. The van der Waals surface area contributed by atoms with Gasteiger partial charge in [-0.15, -0.1) is 0 Å². The third kappa shape index (κ3) is 6.35. The van der Waals surface area contributed by atoms with Crippen molar-refractivity contribution in [3.63, 3.8) is 0 Å². The highest BCUT2D eigenvalue weighted by atomic mass is 35.5. The molecule has 7 nitrogen and oxygen atoms in total. The highest BCUT2D eigenvalue weighted by Crippen LogP contribution is 2.25. The monoisotopic (exact) mass is 444 g/mol. The van der Waals surface area contributed by atoms with Crippen LogP contribution < -0.4 is 10.2 Å². The largest absolute Gasteiger partial charge is 0.478 e.